The Kier molecular flexibility index (Phi) is 6.10. The molecule has 0 unspecified atom stereocenters. The van der Waals surface area contributed by atoms with Crippen molar-refractivity contribution in [1.82, 2.24) is 9.88 Å². The number of halogens is 4. The molecular weight excluding hydrogens is 395 g/mol. The molecular formula is C19H19ClF3N3O2. The maximum atomic E-state index is 12.6. The SMILES string of the molecule is O=C(CCNc1ncc(C(F)(F)F)cc1Cl)N1CCc2ccccc2[C@H]1CO. The van der Waals surface area contributed by atoms with Gasteiger partial charge in [-0.15, -0.1) is 0 Å². The number of hydrogen-bond donors (Lipinski definition) is 2. The van der Waals surface area contributed by atoms with E-state index in [1.807, 2.05) is 24.3 Å². The van der Waals surface area contributed by atoms with Crippen LogP contribution >= 0.6 is 11.6 Å². The molecule has 5 nitrogen and oxygen atoms in total. The van der Waals surface area contributed by atoms with Gasteiger partial charge in [-0.25, -0.2) is 4.98 Å². The average Bonchev–Trinajstić information content (AvgIpc) is 2.67. The van der Waals surface area contributed by atoms with E-state index >= 15 is 0 Å². The summed E-state index contributed by atoms with van der Waals surface area (Å²) in [5.74, 6) is -0.0748. The predicted molar refractivity (Wildman–Crippen MR) is 99.0 cm³/mol. The number of nitrogens with zero attached hydrogens (tertiary/aromatic N) is 2. The van der Waals surface area contributed by atoms with Gasteiger partial charge in [0.15, 0.2) is 0 Å². The summed E-state index contributed by atoms with van der Waals surface area (Å²) >= 11 is 5.85. The number of aromatic nitrogens is 1. The van der Waals surface area contributed by atoms with Crippen molar-refractivity contribution in [2.45, 2.75) is 25.1 Å². The average molecular weight is 414 g/mol. The third-order valence-corrected chi connectivity index (χ3v) is 4.99. The zero-order valence-electron chi connectivity index (χ0n) is 14.8. The third-order valence-electron chi connectivity index (χ3n) is 4.71. The summed E-state index contributed by atoms with van der Waals surface area (Å²) in [5, 5.41) is 12.4. The molecule has 3 rings (SSSR count). The van der Waals surface area contributed by atoms with Gasteiger partial charge in [0, 0.05) is 25.7 Å². The number of rotatable bonds is 5. The number of fused-ring (bicyclic) bond motifs is 1. The lowest BCUT2D eigenvalue weighted by Crippen LogP contribution is -2.42. The lowest BCUT2D eigenvalue weighted by Gasteiger charge is -2.36. The predicted octanol–water partition coefficient (Wildman–Crippen LogP) is 3.67. The van der Waals surface area contributed by atoms with E-state index in [1.54, 1.807) is 4.90 Å². The fourth-order valence-corrected chi connectivity index (χ4v) is 3.53. The number of carbonyl (C=O) groups excluding carboxylic acids is 1. The summed E-state index contributed by atoms with van der Waals surface area (Å²) in [7, 11) is 0. The minimum atomic E-state index is -4.52. The second kappa shape index (κ2) is 8.36. The molecule has 0 aliphatic carbocycles. The van der Waals surface area contributed by atoms with Gasteiger partial charge in [-0.05, 0) is 23.6 Å². The summed E-state index contributed by atoms with van der Waals surface area (Å²) < 4.78 is 37.9. The summed E-state index contributed by atoms with van der Waals surface area (Å²) in [6.45, 7) is 0.482. The normalized spacial score (nSPS) is 16.6. The van der Waals surface area contributed by atoms with Crippen molar-refractivity contribution >= 4 is 23.3 Å². The van der Waals surface area contributed by atoms with Gasteiger partial charge >= 0.3 is 6.18 Å². The van der Waals surface area contributed by atoms with Crippen molar-refractivity contribution in [3.63, 3.8) is 0 Å². The van der Waals surface area contributed by atoms with Crippen molar-refractivity contribution in [3.8, 4) is 0 Å². The van der Waals surface area contributed by atoms with E-state index in [9.17, 15) is 23.1 Å². The zero-order chi connectivity index (χ0) is 20.3. The number of amides is 1. The molecule has 1 aromatic carbocycles. The lowest BCUT2D eigenvalue weighted by atomic mass is 9.93. The second-order valence-corrected chi connectivity index (χ2v) is 6.87. The highest BCUT2D eigenvalue weighted by molar-refractivity contribution is 6.32. The van der Waals surface area contributed by atoms with Crippen molar-refractivity contribution in [1.29, 1.82) is 0 Å². The van der Waals surface area contributed by atoms with Crippen LogP contribution in [-0.4, -0.2) is 40.6 Å². The first-order valence-corrected chi connectivity index (χ1v) is 9.14. The minimum absolute atomic E-state index is 0.0881. The molecule has 0 spiro atoms. The molecule has 0 saturated heterocycles. The number of pyridine rings is 1. The molecule has 150 valence electrons. The Balaban J connectivity index is 1.60. The summed E-state index contributed by atoms with van der Waals surface area (Å²) in [5.41, 5.74) is 1.12. The summed E-state index contributed by atoms with van der Waals surface area (Å²) in [4.78, 5) is 17.9. The summed E-state index contributed by atoms with van der Waals surface area (Å²) in [6.07, 6.45) is -3.02. The number of aliphatic hydroxyl groups excluding tert-OH is 1. The minimum Gasteiger partial charge on any atom is -0.394 e. The quantitative estimate of drug-likeness (QED) is 0.785. The fourth-order valence-electron chi connectivity index (χ4n) is 3.30. The number of carbonyl (C=O) groups is 1. The summed E-state index contributed by atoms with van der Waals surface area (Å²) in [6, 6.07) is 8.08. The zero-order valence-corrected chi connectivity index (χ0v) is 15.6. The van der Waals surface area contributed by atoms with Crippen molar-refractivity contribution in [2.24, 2.45) is 0 Å². The maximum absolute atomic E-state index is 12.6. The van der Waals surface area contributed by atoms with Gasteiger partial charge in [0.2, 0.25) is 5.91 Å². The van der Waals surface area contributed by atoms with Crippen LogP contribution in [0, 0.1) is 0 Å². The molecule has 2 aromatic rings. The van der Waals surface area contributed by atoms with Crippen molar-refractivity contribution < 1.29 is 23.1 Å². The largest absolute Gasteiger partial charge is 0.417 e. The number of nitrogens with one attached hydrogen (secondary N) is 1. The first kappa shape index (κ1) is 20.4. The highest BCUT2D eigenvalue weighted by Gasteiger charge is 2.32. The van der Waals surface area contributed by atoms with Crippen LogP contribution in [0.15, 0.2) is 36.5 Å². The van der Waals surface area contributed by atoms with Crippen LogP contribution in [-0.2, 0) is 17.4 Å². The van der Waals surface area contributed by atoms with Gasteiger partial charge in [-0.3, -0.25) is 4.79 Å². The molecule has 0 fully saturated rings. The number of aliphatic hydroxyl groups is 1. The maximum Gasteiger partial charge on any atom is 0.417 e. The lowest BCUT2D eigenvalue weighted by molar-refractivity contribution is -0.138. The Labute approximate surface area is 165 Å². The van der Waals surface area contributed by atoms with Gasteiger partial charge < -0.3 is 15.3 Å². The van der Waals surface area contributed by atoms with E-state index in [2.05, 4.69) is 10.3 Å². The van der Waals surface area contributed by atoms with E-state index in [-0.39, 0.29) is 36.3 Å². The van der Waals surface area contributed by atoms with Gasteiger partial charge in [-0.2, -0.15) is 13.2 Å². The molecule has 0 saturated carbocycles. The third kappa shape index (κ3) is 4.39. The fraction of sp³-hybridized carbons (Fsp3) is 0.368. The first-order valence-electron chi connectivity index (χ1n) is 8.76. The molecule has 1 aliphatic rings. The van der Waals surface area contributed by atoms with Crippen molar-refractivity contribution in [3.05, 3.63) is 58.2 Å². The van der Waals surface area contributed by atoms with Gasteiger partial charge in [-0.1, -0.05) is 35.9 Å². The van der Waals surface area contributed by atoms with E-state index in [0.717, 1.165) is 17.2 Å². The van der Waals surface area contributed by atoms with E-state index in [0.29, 0.717) is 19.2 Å². The molecule has 2 N–H and O–H groups in total. The van der Waals surface area contributed by atoms with Crippen LogP contribution in [0.25, 0.3) is 0 Å². The van der Waals surface area contributed by atoms with E-state index in [1.165, 1.54) is 0 Å². The highest BCUT2D eigenvalue weighted by atomic mass is 35.5. The van der Waals surface area contributed by atoms with E-state index < -0.39 is 17.8 Å². The molecule has 0 bridgehead atoms. The monoisotopic (exact) mass is 413 g/mol. The highest BCUT2D eigenvalue weighted by Crippen LogP contribution is 2.32. The topological polar surface area (TPSA) is 65.5 Å². The Morgan fingerprint density at radius 2 is 2.11 bits per heavy atom. The smallest absolute Gasteiger partial charge is 0.394 e. The van der Waals surface area contributed by atoms with Gasteiger partial charge in [0.25, 0.3) is 0 Å². The molecule has 1 aromatic heterocycles. The standard InChI is InChI=1S/C19H19ClF3N3O2/c20-15-9-13(19(21,22)23)10-25-18(15)24-7-5-17(28)26-8-6-12-3-1-2-4-14(12)16(26)11-27/h1-4,9-10,16,27H,5-8,11H2,(H,24,25)/t16-/m1/s1. The van der Waals surface area contributed by atoms with Gasteiger partial charge in [0.05, 0.1) is 23.2 Å². The Morgan fingerprint density at radius 1 is 1.36 bits per heavy atom. The molecule has 9 heteroatoms. The Morgan fingerprint density at radius 3 is 2.79 bits per heavy atom. The van der Waals surface area contributed by atoms with Crippen LogP contribution in [0.5, 0.6) is 0 Å². The molecule has 1 amide bonds. The van der Waals surface area contributed by atoms with E-state index in [4.69, 9.17) is 11.6 Å². The number of anilines is 1. The van der Waals surface area contributed by atoms with Gasteiger partial charge in [0.1, 0.15) is 5.82 Å². The first-order chi connectivity index (χ1) is 13.3. The molecule has 1 atom stereocenters. The second-order valence-electron chi connectivity index (χ2n) is 6.46. The molecule has 2 heterocycles. The number of benzene rings is 1. The van der Waals surface area contributed by atoms with Crippen LogP contribution in [0.4, 0.5) is 19.0 Å². The molecule has 28 heavy (non-hydrogen) atoms. The van der Waals surface area contributed by atoms with Crippen LogP contribution in [0.1, 0.15) is 29.2 Å². The Hall–Kier alpha value is -2.32. The Bertz CT molecular complexity index is 861. The van der Waals surface area contributed by atoms with Crippen LogP contribution in [0.2, 0.25) is 5.02 Å². The number of hydrogen-bond acceptors (Lipinski definition) is 4. The molecule has 1 aliphatic heterocycles. The molecule has 0 radical (unpaired) electrons. The van der Waals surface area contributed by atoms with Crippen LogP contribution in [0.3, 0.4) is 0 Å². The number of alkyl halides is 3. The van der Waals surface area contributed by atoms with Crippen LogP contribution < -0.4 is 5.32 Å². The van der Waals surface area contributed by atoms with Crippen molar-refractivity contribution in [2.75, 3.05) is 25.0 Å².